The molecule has 1 fully saturated rings. The second-order valence-electron chi connectivity index (χ2n) is 5.52. The number of nitrogens with two attached hydrogens (primary N) is 1. The third-order valence-electron chi connectivity index (χ3n) is 3.21. The van der Waals surface area contributed by atoms with E-state index in [0.717, 1.165) is 30.2 Å². The predicted molar refractivity (Wildman–Crippen MR) is 72.1 cm³/mol. The summed E-state index contributed by atoms with van der Waals surface area (Å²) in [5.41, 5.74) is 6.74. The Morgan fingerprint density at radius 1 is 1.33 bits per heavy atom. The van der Waals surface area contributed by atoms with Crippen molar-refractivity contribution in [3.8, 4) is 11.5 Å². The summed E-state index contributed by atoms with van der Waals surface area (Å²) >= 11 is 0. The van der Waals surface area contributed by atoms with E-state index in [9.17, 15) is 0 Å². The van der Waals surface area contributed by atoms with Crippen LogP contribution in [-0.4, -0.2) is 38.3 Å². The molecule has 0 bridgehead atoms. The fraction of sp³-hybridized carbons (Fsp3) is 0.571. The highest BCUT2D eigenvalue weighted by molar-refractivity contribution is 5.49. The maximum atomic E-state index is 6.20. The highest BCUT2D eigenvalue weighted by atomic mass is 16.5. The zero-order valence-electron chi connectivity index (χ0n) is 11.6. The van der Waals surface area contributed by atoms with Crippen LogP contribution in [0.4, 0.5) is 0 Å². The van der Waals surface area contributed by atoms with Gasteiger partial charge >= 0.3 is 0 Å². The van der Waals surface area contributed by atoms with Crippen molar-refractivity contribution in [2.24, 2.45) is 5.73 Å². The Hall–Kier alpha value is -1.26. The van der Waals surface area contributed by atoms with Crippen LogP contribution in [0, 0.1) is 0 Å². The summed E-state index contributed by atoms with van der Waals surface area (Å²) in [4.78, 5) is 2.22. The average molecular weight is 250 g/mol. The number of nitrogens with zero attached hydrogens (tertiary/aromatic N) is 1. The fourth-order valence-electron chi connectivity index (χ4n) is 2.19. The molecule has 0 spiro atoms. The number of benzene rings is 1. The summed E-state index contributed by atoms with van der Waals surface area (Å²) in [5, 5.41) is 0. The van der Waals surface area contributed by atoms with Crippen LogP contribution in [0.3, 0.4) is 0 Å². The van der Waals surface area contributed by atoms with Gasteiger partial charge in [-0.25, -0.2) is 0 Å². The smallest absolute Gasteiger partial charge is 0.166 e. The third-order valence-corrected chi connectivity index (χ3v) is 3.21. The Balaban J connectivity index is 2.29. The van der Waals surface area contributed by atoms with Gasteiger partial charge in [-0.05, 0) is 27.0 Å². The molecule has 0 atom stereocenters. The average Bonchev–Trinajstić information content (AvgIpc) is 2.25. The minimum absolute atomic E-state index is 0.229. The lowest BCUT2D eigenvalue weighted by Gasteiger charge is -2.37. The summed E-state index contributed by atoms with van der Waals surface area (Å²) in [7, 11) is 3.73. The van der Waals surface area contributed by atoms with Gasteiger partial charge < -0.3 is 15.2 Å². The van der Waals surface area contributed by atoms with E-state index in [0.29, 0.717) is 0 Å². The van der Waals surface area contributed by atoms with Gasteiger partial charge in [-0.2, -0.15) is 0 Å². The van der Waals surface area contributed by atoms with Crippen molar-refractivity contribution in [3.05, 3.63) is 23.8 Å². The van der Waals surface area contributed by atoms with Crippen molar-refractivity contribution in [1.29, 1.82) is 0 Å². The molecule has 0 saturated carbocycles. The van der Waals surface area contributed by atoms with Gasteiger partial charge in [-0.3, -0.25) is 4.90 Å². The minimum atomic E-state index is -0.445. The monoisotopic (exact) mass is 250 g/mol. The molecule has 2 N–H and O–H groups in total. The summed E-state index contributed by atoms with van der Waals surface area (Å²) in [6.45, 7) is 5.84. The lowest BCUT2D eigenvalue weighted by atomic mass is 9.94. The highest BCUT2D eigenvalue weighted by Crippen LogP contribution is 2.37. The van der Waals surface area contributed by atoms with Crippen LogP contribution in [0.5, 0.6) is 11.5 Å². The van der Waals surface area contributed by atoms with E-state index < -0.39 is 5.54 Å². The molecule has 1 aromatic carbocycles. The van der Waals surface area contributed by atoms with Crippen LogP contribution in [0.15, 0.2) is 18.2 Å². The number of likely N-dealkylation sites (tertiary alicyclic amines) is 1. The Morgan fingerprint density at radius 2 is 2.00 bits per heavy atom. The van der Waals surface area contributed by atoms with Crippen molar-refractivity contribution in [1.82, 2.24) is 4.90 Å². The second-order valence-corrected chi connectivity index (χ2v) is 5.52. The zero-order valence-corrected chi connectivity index (χ0v) is 11.6. The molecule has 1 aromatic rings. The number of rotatable bonds is 4. The normalized spacial score (nSPS) is 17.4. The van der Waals surface area contributed by atoms with E-state index in [1.165, 1.54) is 0 Å². The Labute approximate surface area is 109 Å². The van der Waals surface area contributed by atoms with Crippen LogP contribution < -0.4 is 15.2 Å². The van der Waals surface area contributed by atoms with Crippen LogP contribution in [0.25, 0.3) is 0 Å². The molecule has 100 valence electrons. The fourth-order valence-corrected chi connectivity index (χ4v) is 2.19. The third kappa shape index (κ3) is 2.60. The molecule has 1 heterocycles. The first-order valence-corrected chi connectivity index (χ1v) is 6.23. The molecule has 0 aromatic heterocycles. The van der Waals surface area contributed by atoms with E-state index in [2.05, 4.69) is 11.9 Å². The summed E-state index contributed by atoms with van der Waals surface area (Å²) in [6, 6.07) is 5.86. The van der Waals surface area contributed by atoms with Gasteiger partial charge in [0.05, 0.1) is 7.11 Å². The van der Waals surface area contributed by atoms with Crippen molar-refractivity contribution >= 4 is 0 Å². The van der Waals surface area contributed by atoms with Gasteiger partial charge in [0, 0.05) is 24.2 Å². The van der Waals surface area contributed by atoms with Gasteiger partial charge in [-0.1, -0.05) is 12.1 Å². The van der Waals surface area contributed by atoms with Gasteiger partial charge in [0.15, 0.2) is 11.5 Å². The van der Waals surface area contributed by atoms with E-state index in [-0.39, 0.29) is 6.10 Å². The predicted octanol–water partition coefficient (Wildman–Crippen LogP) is 1.58. The summed E-state index contributed by atoms with van der Waals surface area (Å²) < 4.78 is 11.4. The van der Waals surface area contributed by atoms with Gasteiger partial charge in [0.25, 0.3) is 0 Å². The van der Waals surface area contributed by atoms with Crippen LogP contribution in [-0.2, 0) is 5.54 Å². The van der Waals surface area contributed by atoms with Crippen LogP contribution >= 0.6 is 0 Å². The van der Waals surface area contributed by atoms with Gasteiger partial charge in [0.1, 0.15) is 6.10 Å². The molecule has 1 aliphatic rings. The van der Waals surface area contributed by atoms with E-state index >= 15 is 0 Å². The number of ether oxygens (including phenoxy) is 2. The lowest BCUT2D eigenvalue weighted by Crippen LogP contribution is -2.51. The lowest BCUT2D eigenvalue weighted by molar-refractivity contribution is 0.0355. The Bertz CT molecular complexity index is 420. The molecule has 2 rings (SSSR count). The summed E-state index contributed by atoms with van der Waals surface area (Å²) in [5.74, 6) is 1.53. The Morgan fingerprint density at radius 3 is 2.50 bits per heavy atom. The molecular formula is C14H22N2O2. The SMILES string of the molecule is COc1cccc(C(C)(C)N)c1OC1CN(C)C1. The molecule has 1 aliphatic heterocycles. The highest BCUT2D eigenvalue weighted by Gasteiger charge is 2.29. The number of methoxy groups -OCH3 is 1. The molecule has 0 aliphatic carbocycles. The largest absolute Gasteiger partial charge is 0.493 e. The molecule has 0 amide bonds. The zero-order chi connectivity index (χ0) is 13.3. The second kappa shape index (κ2) is 4.78. The Kier molecular flexibility index (Phi) is 3.50. The number of para-hydroxylation sites is 1. The molecule has 0 radical (unpaired) electrons. The molecule has 0 unspecified atom stereocenters. The van der Waals surface area contributed by atoms with E-state index in [1.54, 1.807) is 7.11 Å². The first-order valence-electron chi connectivity index (χ1n) is 6.23. The maximum absolute atomic E-state index is 6.20. The van der Waals surface area contributed by atoms with Crippen molar-refractivity contribution in [3.63, 3.8) is 0 Å². The topological polar surface area (TPSA) is 47.7 Å². The summed E-state index contributed by atoms with van der Waals surface area (Å²) in [6.07, 6.45) is 0.229. The van der Waals surface area contributed by atoms with Crippen molar-refractivity contribution < 1.29 is 9.47 Å². The van der Waals surface area contributed by atoms with Crippen LogP contribution in [0.2, 0.25) is 0 Å². The number of likely N-dealkylation sites (N-methyl/N-ethyl adjacent to an activating group) is 1. The van der Waals surface area contributed by atoms with Crippen molar-refractivity contribution in [2.45, 2.75) is 25.5 Å². The first-order chi connectivity index (χ1) is 8.41. The minimum Gasteiger partial charge on any atom is -0.493 e. The maximum Gasteiger partial charge on any atom is 0.166 e. The molecule has 4 nitrogen and oxygen atoms in total. The van der Waals surface area contributed by atoms with E-state index in [1.807, 2.05) is 32.0 Å². The number of hydrogen-bond acceptors (Lipinski definition) is 4. The van der Waals surface area contributed by atoms with Gasteiger partial charge in [0.2, 0.25) is 0 Å². The molecular weight excluding hydrogens is 228 g/mol. The van der Waals surface area contributed by atoms with Gasteiger partial charge in [-0.15, -0.1) is 0 Å². The first kappa shape index (κ1) is 13.2. The molecule has 18 heavy (non-hydrogen) atoms. The standard InChI is InChI=1S/C14H22N2O2/c1-14(2,15)11-6-5-7-12(17-4)13(11)18-10-8-16(3)9-10/h5-7,10H,8-9,15H2,1-4H3. The quantitative estimate of drug-likeness (QED) is 0.881. The van der Waals surface area contributed by atoms with Crippen LogP contribution in [0.1, 0.15) is 19.4 Å². The molecule has 1 saturated heterocycles. The molecule has 4 heteroatoms. The van der Waals surface area contributed by atoms with Crippen molar-refractivity contribution in [2.75, 3.05) is 27.2 Å². The number of hydrogen-bond donors (Lipinski definition) is 1. The van der Waals surface area contributed by atoms with E-state index in [4.69, 9.17) is 15.2 Å².